The van der Waals surface area contributed by atoms with Gasteiger partial charge >= 0.3 is 5.97 Å². The fourth-order valence-corrected chi connectivity index (χ4v) is 2.13. The van der Waals surface area contributed by atoms with E-state index in [9.17, 15) is 4.79 Å². The third-order valence-corrected chi connectivity index (χ3v) is 3.10. The summed E-state index contributed by atoms with van der Waals surface area (Å²) in [5.41, 5.74) is 1.39. The number of hydrogen-bond acceptors (Lipinski definition) is 3. The van der Waals surface area contributed by atoms with E-state index >= 15 is 0 Å². The van der Waals surface area contributed by atoms with Crippen LogP contribution < -0.4 is 0 Å². The molecule has 94 valence electrons. The highest BCUT2D eigenvalue weighted by Crippen LogP contribution is 2.24. The van der Waals surface area contributed by atoms with Gasteiger partial charge in [0.1, 0.15) is 5.69 Å². The number of halogens is 1. The highest BCUT2D eigenvalue weighted by molar-refractivity contribution is 6.28. The minimum atomic E-state index is -0.447. The predicted octanol–water partition coefficient (Wildman–Crippen LogP) is 2.93. The number of rotatable bonds is 3. The molecule has 0 fully saturated rings. The number of imidazole rings is 1. The van der Waals surface area contributed by atoms with Gasteiger partial charge in [-0.2, -0.15) is 0 Å². The van der Waals surface area contributed by atoms with E-state index in [2.05, 4.69) is 4.98 Å². The summed E-state index contributed by atoms with van der Waals surface area (Å²) in [4.78, 5) is 15.6. The third kappa shape index (κ3) is 2.24. The monoisotopic (exact) mass is 264 g/mol. The number of hydrogen-bond donors (Lipinski definition) is 0. The third-order valence-electron chi connectivity index (χ3n) is 2.82. The molecule has 0 N–H and O–H groups in total. The van der Waals surface area contributed by atoms with Gasteiger partial charge in [0.05, 0.1) is 19.3 Å². The molecule has 0 saturated carbocycles. The summed E-state index contributed by atoms with van der Waals surface area (Å²) in [6, 6.07) is 9.68. The molecule has 0 aliphatic heterocycles. The maximum Gasteiger partial charge on any atom is 0.356 e. The Morgan fingerprint density at radius 3 is 2.67 bits per heavy atom. The molecule has 0 bridgehead atoms. The van der Waals surface area contributed by atoms with Crippen LogP contribution in [-0.2, 0) is 4.74 Å². The zero-order valence-electron chi connectivity index (χ0n) is 10.1. The Balaban J connectivity index is 2.45. The predicted molar refractivity (Wildman–Crippen MR) is 68.8 cm³/mol. The number of benzene rings is 1. The molecule has 0 aliphatic rings. The first-order valence-corrected chi connectivity index (χ1v) is 5.89. The molecule has 0 saturated heterocycles. The first kappa shape index (κ1) is 12.6. The van der Waals surface area contributed by atoms with Crippen molar-refractivity contribution >= 4 is 17.6 Å². The van der Waals surface area contributed by atoms with Gasteiger partial charge in [0.25, 0.3) is 0 Å². The van der Waals surface area contributed by atoms with Gasteiger partial charge in [0, 0.05) is 0 Å². The van der Waals surface area contributed by atoms with Crippen LogP contribution in [0.5, 0.6) is 0 Å². The number of ether oxygens (including phenoxy) is 1. The molecule has 18 heavy (non-hydrogen) atoms. The zero-order chi connectivity index (χ0) is 13.1. The van der Waals surface area contributed by atoms with Crippen LogP contribution in [0.3, 0.4) is 0 Å². The van der Waals surface area contributed by atoms with E-state index in [0.717, 1.165) is 5.56 Å². The van der Waals surface area contributed by atoms with Crippen molar-refractivity contribution in [3.8, 4) is 0 Å². The minimum Gasteiger partial charge on any atom is -0.464 e. The molecule has 0 spiro atoms. The Labute approximate surface area is 110 Å². The van der Waals surface area contributed by atoms with E-state index in [0.29, 0.717) is 5.69 Å². The summed E-state index contributed by atoms with van der Waals surface area (Å²) < 4.78 is 6.37. The summed E-state index contributed by atoms with van der Waals surface area (Å²) in [5.74, 6) is -0.447. The lowest BCUT2D eigenvalue weighted by Crippen LogP contribution is -2.15. The van der Waals surface area contributed by atoms with Gasteiger partial charge in [0.2, 0.25) is 5.28 Å². The SMILES string of the molecule is COC(=O)c1cnc(Cl)n1[C@H](C)c1ccccc1. The first-order chi connectivity index (χ1) is 8.65. The van der Waals surface area contributed by atoms with Crippen LogP contribution in [-0.4, -0.2) is 22.6 Å². The van der Waals surface area contributed by atoms with Gasteiger partial charge < -0.3 is 9.30 Å². The first-order valence-electron chi connectivity index (χ1n) is 5.51. The summed E-state index contributed by atoms with van der Waals surface area (Å²) in [6.45, 7) is 1.95. The molecule has 0 amide bonds. The molecule has 1 aromatic heterocycles. The second-order valence-electron chi connectivity index (χ2n) is 3.86. The van der Waals surface area contributed by atoms with Crippen molar-refractivity contribution in [3.05, 3.63) is 53.1 Å². The molecule has 1 heterocycles. The van der Waals surface area contributed by atoms with Crippen LogP contribution in [0.15, 0.2) is 36.5 Å². The molecular weight excluding hydrogens is 252 g/mol. The van der Waals surface area contributed by atoms with E-state index in [4.69, 9.17) is 16.3 Å². The van der Waals surface area contributed by atoms with Gasteiger partial charge in [-0.3, -0.25) is 0 Å². The number of methoxy groups -OCH3 is 1. The number of carbonyl (C=O) groups excluding carboxylic acids is 1. The number of esters is 1. The van der Waals surface area contributed by atoms with Crippen molar-refractivity contribution in [1.29, 1.82) is 0 Å². The standard InChI is InChI=1S/C13H13ClN2O2/c1-9(10-6-4-3-5-7-10)16-11(12(17)18-2)8-15-13(16)14/h3-9H,1-2H3/t9-/m1/s1. The lowest BCUT2D eigenvalue weighted by Gasteiger charge is -2.17. The molecule has 1 aromatic carbocycles. The average Bonchev–Trinajstić information content (AvgIpc) is 2.80. The maximum absolute atomic E-state index is 11.6. The quantitative estimate of drug-likeness (QED) is 0.801. The van der Waals surface area contributed by atoms with E-state index in [1.165, 1.54) is 13.3 Å². The van der Waals surface area contributed by atoms with Crippen LogP contribution in [0.25, 0.3) is 0 Å². The van der Waals surface area contributed by atoms with Gasteiger partial charge in [-0.25, -0.2) is 9.78 Å². The van der Waals surface area contributed by atoms with Crippen molar-refractivity contribution in [2.75, 3.05) is 7.11 Å². The van der Waals surface area contributed by atoms with Gasteiger partial charge in [-0.1, -0.05) is 30.3 Å². The summed E-state index contributed by atoms with van der Waals surface area (Å²) in [7, 11) is 1.33. The van der Waals surface area contributed by atoms with Crippen LogP contribution in [0.2, 0.25) is 5.28 Å². The molecule has 0 radical (unpaired) electrons. The van der Waals surface area contributed by atoms with Gasteiger partial charge in [0.15, 0.2) is 0 Å². The smallest absolute Gasteiger partial charge is 0.356 e. The van der Waals surface area contributed by atoms with Crippen LogP contribution in [0.1, 0.15) is 29.0 Å². The fraction of sp³-hybridized carbons (Fsp3) is 0.231. The fourth-order valence-electron chi connectivity index (χ4n) is 1.84. The van der Waals surface area contributed by atoms with Crippen LogP contribution in [0, 0.1) is 0 Å². The normalized spacial score (nSPS) is 12.2. The molecule has 2 rings (SSSR count). The summed E-state index contributed by atoms with van der Waals surface area (Å²) >= 11 is 6.03. The Morgan fingerprint density at radius 2 is 2.06 bits per heavy atom. The van der Waals surface area contributed by atoms with E-state index < -0.39 is 5.97 Å². The van der Waals surface area contributed by atoms with Crippen LogP contribution in [0.4, 0.5) is 0 Å². The van der Waals surface area contributed by atoms with Crippen molar-refractivity contribution in [2.45, 2.75) is 13.0 Å². The Morgan fingerprint density at radius 1 is 1.39 bits per heavy atom. The second-order valence-corrected chi connectivity index (χ2v) is 4.20. The lowest BCUT2D eigenvalue weighted by atomic mass is 10.1. The highest BCUT2D eigenvalue weighted by Gasteiger charge is 2.20. The van der Waals surface area contributed by atoms with Crippen molar-refractivity contribution < 1.29 is 9.53 Å². The Kier molecular flexibility index (Phi) is 3.67. The lowest BCUT2D eigenvalue weighted by molar-refractivity contribution is 0.0587. The zero-order valence-corrected chi connectivity index (χ0v) is 10.9. The number of aromatic nitrogens is 2. The largest absolute Gasteiger partial charge is 0.464 e. The van der Waals surface area contributed by atoms with Gasteiger partial charge in [-0.15, -0.1) is 0 Å². The van der Waals surface area contributed by atoms with Crippen molar-refractivity contribution in [1.82, 2.24) is 9.55 Å². The summed E-state index contributed by atoms with van der Waals surface area (Å²) in [6.07, 6.45) is 1.42. The summed E-state index contributed by atoms with van der Waals surface area (Å²) in [5, 5.41) is 0.270. The van der Waals surface area contributed by atoms with Gasteiger partial charge in [-0.05, 0) is 24.1 Å². The van der Waals surface area contributed by atoms with E-state index in [1.54, 1.807) is 4.57 Å². The molecule has 0 unspecified atom stereocenters. The van der Waals surface area contributed by atoms with Crippen LogP contribution >= 0.6 is 11.6 Å². The molecular formula is C13H13ClN2O2. The minimum absolute atomic E-state index is 0.0877. The average molecular weight is 265 g/mol. The van der Waals surface area contributed by atoms with Crippen molar-refractivity contribution in [3.63, 3.8) is 0 Å². The number of carbonyl (C=O) groups is 1. The molecule has 5 heteroatoms. The topological polar surface area (TPSA) is 44.1 Å². The highest BCUT2D eigenvalue weighted by atomic mass is 35.5. The van der Waals surface area contributed by atoms with E-state index in [1.807, 2.05) is 37.3 Å². The maximum atomic E-state index is 11.6. The second kappa shape index (κ2) is 5.23. The Bertz CT molecular complexity index is 551. The molecule has 0 aliphatic carbocycles. The number of nitrogens with zero attached hydrogens (tertiary/aromatic N) is 2. The van der Waals surface area contributed by atoms with E-state index in [-0.39, 0.29) is 11.3 Å². The molecule has 2 aromatic rings. The van der Waals surface area contributed by atoms with Crippen molar-refractivity contribution in [2.24, 2.45) is 0 Å². The molecule has 4 nitrogen and oxygen atoms in total. The Hall–Kier alpha value is -1.81. The molecule has 1 atom stereocenters.